The molecule has 0 radical (unpaired) electrons. The van der Waals surface area contributed by atoms with Gasteiger partial charge in [0, 0.05) is 48.2 Å². The first-order valence-electron chi connectivity index (χ1n) is 13.6. The summed E-state index contributed by atoms with van der Waals surface area (Å²) in [6.45, 7) is 2.67. The summed E-state index contributed by atoms with van der Waals surface area (Å²) >= 11 is 0. The summed E-state index contributed by atoms with van der Waals surface area (Å²) in [6, 6.07) is 16.2. The van der Waals surface area contributed by atoms with Crippen molar-refractivity contribution in [3.63, 3.8) is 0 Å². The molecule has 0 unspecified atom stereocenters. The molecule has 1 aliphatic heterocycles. The summed E-state index contributed by atoms with van der Waals surface area (Å²) in [5, 5.41) is 4.92. The molecule has 0 N–H and O–H groups in total. The fourth-order valence-electron chi connectivity index (χ4n) is 6.31. The number of allylic oxidation sites excluding steroid dienone is 1. The number of carbonyl (C=O) groups is 1. The highest BCUT2D eigenvalue weighted by molar-refractivity contribution is 6.20. The first kappa shape index (κ1) is 26.6. The van der Waals surface area contributed by atoms with Crippen LogP contribution < -0.4 is 18.9 Å². The lowest BCUT2D eigenvalue weighted by Gasteiger charge is -2.20. The molecule has 6 rings (SSSR count). The van der Waals surface area contributed by atoms with E-state index in [2.05, 4.69) is 27.7 Å². The first-order valence-corrected chi connectivity index (χ1v) is 13.6. The molecule has 0 spiro atoms. The van der Waals surface area contributed by atoms with Crippen LogP contribution in [0.3, 0.4) is 0 Å². The van der Waals surface area contributed by atoms with Crippen molar-refractivity contribution in [2.45, 2.75) is 13.3 Å². The number of aryl methyl sites for hydroxylation is 1. The summed E-state index contributed by atoms with van der Waals surface area (Å²) in [7, 11) is 10.6. The summed E-state index contributed by atoms with van der Waals surface area (Å²) < 4.78 is 25.4. The Morgan fingerprint density at radius 3 is 2.22 bits per heavy atom. The molecule has 0 amide bonds. The molecule has 5 aromatic rings. The quantitative estimate of drug-likeness (QED) is 0.177. The van der Waals surface area contributed by atoms with Crippen LogP contribution in [0.4, 0.5) is 0 Å². The van der Waals surface area contributed by atoms with Crippen LogP contribution in [0.15, 0.2) is 54.2 Å². The Morgan fingerprint density at radius 1 is 0.805 bits per heavy atom. The molecular weight excluding hydrogens is 516 g/mol. The number of hydrogen-bond donors (Lipinski definition) is 0. The Balaban J connectivity index is 1.65. The van der Waals surface area contributed by atoms with Gasteiger partial charge in [0.2, 0.25) is 5.78 Å². The SMILES string of the molecule is COc1cc2ccc3c4c(c(OC)c(OC)c3c2cc1OC)C=C(C(=O)c1c(C)n(C)c2ccccc12)N(C)CC4. The summed E-state index contributed by atoms with van der Waals surface area (Å²) in [4.78, 5) is 16.4. The van der Waals surface area contributed by atoms with Gasteiger partial charge in [0.25, 0.3) is 0 Å². The number of nitrogens with zero attached hydrogens (tertiary/aromatic N) is 2. The number of fused-ring (bicyclic) bond motifs is 6. The molecule has 7 nitrogen and oxygen atoms in total. The average Bonchev–Trinajstić information content (AvgIpc) is 3.13. The van der Waals surface area contributed by atoms with Gasteiger partial charge >= 0.3 is 0 Å². The monoisotopic (exact) mass is 550 g/mol. The molecule has 210 valence electrons. The predicted molar refractivity (Wildman–Crippen MR) is 164 cm³/mol. The minimum Gasteiger partial charge on any atom is -0.493 e. The van der Waals surface area contributed by atoms with Gasteiger partial charge < -0.3 is 28.4 Å². The number of benzene rings is 4. The highest BCUT2D eigenvalue weighted by atomic mass is 16.5. The maximum atomic E-state index is 14.3. The second-order valence-corrected chi connectivity index (χ2v) is 10.4. The van der Waals surface area contributed by atoms with E-state index in [0.717, 1.165) is 61.3 Å². The van der Waals surface area contributed by atoms with Crippen molar-refractivity contribution in [1.82, 2.24) is 9.47 Å². The standard InChI is InChI=1S/C34H34N2O5/c1-19-30(23-10-8-9-11-26(23)36(19)3)32(37)27-17-25-21(14-15-35(27)2)22-13-12-20-16-28(38-4)29(39-5)18-24(20)31(22)34(41-7)33(25)40-6/h8-13,16-18H,14-15H2,1-7H3. The predicted octanol–water partition coefficient (Wildman–Crippen LogP) is 6.54. The van der Waals surface area contributed by atoms with Crippen molar-refractivity contribution < 1.29 is 23.7 Å². The number of ether oxygens (including phenoxy) is 4. The number of Topliss-reactive ketones (excluding diaryl/α,β-unsaturated/α-hetero) is 1. The molecule has 4 aromatic carbocycles. The molecule has 0 fully saturated rings. The van der Waals surface area contributed by atoms with Crippen LogP contribution in [0.5, 0.6) is 23.0 Å². The van der Waals surface area contributed by atoms with Crippen LogP contribution in [0.25, 0.3) is 38.5 Å². The normalized spacial score (nSPS) is 13.2. The van der Waals surface area contributed by atoms with E-state index in [1.807, 2.05) is 57.4 Å². The van der Waals surface area contributed by atoms with Gasteiger partial charge in [-0.2, -0.15) is 0 Å². The van der Waals surface area contributed by atoms with Gasteiger partial charge in [-0.05, 0) is 59.3 Å². The number of ketones is 1. The number of likely N-dealkylation sites (N-methyl/N-ethyl adjacent to an activating group) is 1. The van der Waals surface area contributed by atoms with Crippen LogP contribution in [0.1, 0.15) is 27.2 Å². The fraction of sp³-hybridized carbons (Fsp3) is 0.265. The van der Waals surface area contributed by atoms with Crippen molar-refractivity contribution in [3.05, 3.63) is 76.6 Å². The zero-order chi connectivity index (χ0) is 29.0. The number of para-hydroxylation sites is 1. The number of rotatable bonds is 6. The lowest BCUT2D eigenvalue weighted by atomic mass is 9.91. The van der Waals surface area contributed by atoms with Crippen LogP contribution in [-0.2, 0) is 13.5 Å². The van der Waals surface area contributed by atoms with E-state index in [0.29, 0.717) is 35.2 Å². The van der Waals surface area contributed by atoms with E-state index in [9.17, 15) is 4.79 Å². The fourth-order valence-corrected chi connectivity index (χ4v) is 6.31. The second kappa shape index (κ2) is 10.1. The van der Waals surface area contributed by atoms with Gasteiger partial charge in [0.05, 0.1) is 39.7 Å². The molecule has 2 heterocycles. The smallest absolute Gasteiger partial charge is 0.211 e. The molecule has 0 atom stereocenters. The summed E-state index contributed by atoms with van der Waals surface area (Å²) in [6.07, 6.45) is 2.70. The Bertz CT molecular complexity index is 1900. The molecule has 1 aromatic heterocycles. The van der Waals surface area contributed by atoms with E-state index >= 15 is 0 Å². The Kier molecular flexibility index (Phi) is 6.53. The number of aromatic nitrogens is 1. The molecule has 0 aliphatic carbocycles. The maximum absolute atomic E-state index is 14.3. The van der Waals surface area contributed by atoms with Crippen molar-refractivity contribution in [2.24, 2.45) is 7.05 Å². The molecule has 0 bridgehead atoms. The first-order chi connectivity index (χ1) is 19.8. The molecule has 1 aliphatic rings. The van der Waals surface area contributed by atoms with Crippen LogP contribution in [-0.4, -0.2) is 57.3 Å². The summed E-state index contributed by atoms with van der Waals surface area (Å²) in [5.41, 5.74) is 5.29. The van der Waals surface area contributed by atoms with E-state index in [1.54, 1.807) is 28.4 Å². The highest BCUT2D eigenvalue weighted by Gasteiger charge is 2.29. The molecule has 41 heavy (non-hydrogen) atoms. The van der Waals surface area contributed by atoms with E-state index in [4.69, 9.17) is 18.9 Å². The third-order valence-corrected chi connectivity index (χ3v) is 8.51. The molecule has 0 saturated heterocycles. The zero-order valence-electron chi connectivity index (χ0n) is 24.5. The maximum Gasteiger partial charge on any atom is 0.211 e. The van der Waals surface area contributed by atoms with Gasteiger partial charge in [0.15, 0.2) is 23.0 Å². The Hall–Kier alpha value is -4.65. The van der Waals surface area contributed by atoms with Crippen molar-refractivity contribution in [3.8, 4) is 23.0 Å². The van der Waals surface area contributed by atoms with E-state index in [-0.39, 0.29) is 5.78 Å². The van der Waals surface area contributed by atoms with Crippen LogP contribution in [0, 0.1) is 6.92 Å². The number of hydrogen-bond acceptors (Lipinski definition) is 6. The van der Waals surface area contributed by atoms with Crippen molar-refractivity contribution in [1.29, 1.82) is 0 Å². The molecule has 7 heteroatoms. The second-order valence-electron chi connectivity index (χ2n) is 10.4. The zero-order valence-corrected chi connectivity index (χ0v) is 24.5. The lowest BCUT2D eigenvalue weighted by Crippen LogP contribution is -2.25. The van der Waals surface area contributed by atoms with Gasteiger partial charge in [-0.1, -0.05) is 30.3 Å². The van der Waals surface area contributed by atoms with Crippen LogP contribution >= 0.6 is 0 Å². The van der Waals surface area contributed by atoms with Crippen LogP contribution in [0.2, 0.25) is 0 Å². The molecular formula is C34H34N2O5. The third kappa shape index (κ3) is 3.90. The topological polar surface area (TPSA) is 62.2 Å². The number of methoxy groups -OCH3 is 4. The van der Waals surface area contributed by atoms with Crippen molar-refractivity contribution >= 4 is 44.3 Å². The van der Waals surface area contributed by atoms with Gasteiger partial charge in [-0.3, -0.25) is 4.79 Å². The molecule has 0 saturated carbocycles. The van der Waals surface area contributed by atoms with Crippen molar-refractivity contribution in [2.75, 3.05) is 42.0 Å². The summed E-state index contributed by atoms with van der Waals surface area (Å²) in [5.74, 6) is 2.52. The third-order valence-electron chi connectivity index (χ3n) is 8.51. The average molecular weight is 551 g/mol. The number of carbonyl (C=O) groups excluding carboxylic acids is 1. The highest BCUT2D eigenvalue weighted by Crippen LogP contribution is 2.48. The lowest BCUT2D eigenvalue weighted by molar-refractivity contribution is 0.100. The Labute approximate surface area is 239 Å². The van der Waals surface area contributed by atoms with Gasteiger partial charge in [-0.15, -0.1) is 0 Å². The minimum atomic E-state index is -0.00823. The largest absolute Gasteiger partial charge is 0.493 e. The van der Waals surface area contributed by atoms with E-state index < -0.39 is 0 Å². The minimum absolute atomic E-state index is 0.00823. The van der Waals surface area contributed by atoms with Gasteiger partial charge in [-0.25, -0.2) is 0 Å². The van der Waals surface area contributed by atoms with Gasteiger partial charge in [0.1, 0.15) is 0 Å². The Morgan fingerprint density at radius 2 is 1.51 bits per heavy atom. The van der Waals surface area contributed by atoms with E-state index in [1.165, 1.54) is 0 Å².